The van der Waals surface area contributed by atoms with Crippen LogP contribution in [0.5, 0.6) is 0 Å². The average molecular weight is 222 g/mol. The van der Waals surface area contributed by atoms with Crippen LogP contribution in [0.2, 0.25) is 0 Å². The number of nitrogens with two attached hydrogens (primary N) is 1. The van der Waals surface area contributed by atoms with E-state index in [-0.39, 0.29) is 18.2 Å². The highest BCUT2D eigenvalue weighted by Crippen LogP contribution is 2.13. The van der Waals surface area contributed by atoms with Crippen molar-refractivity contribution in [3.63, 3.8) is 0 Å². The van der Waals surface area contributed by atoms with Gasteiger partial charge in [0, 0.05) is 19.1 Å². The highest BCUT2D eigenvalue weighted by molar-refractivity contribution is 7.89. The zero-order valence-electron chi connectivity index (χ0n) is 7.72. The fourth-order valence-corrected chi connectivity index (χ4v) is 2.84. The molecule has 0 aromatic rings. The van der Waals surface area contributed by atoms with Crippen molar-refractivity contribution in [1.29, 1.82) is 0 Å². The Morgan fingerprint density at radius 3 is 2.64 bits per heavy atom. The van der Waals surface area contributed by atoms with Crippen LogP contribution in [0.15, 0.2) is 0 Å². The highest BCUT2D eigenvalue weighted by atomic mass is 32.2. The minimum atomic E-state index is -3.42. The zero-order chi connectivity index (χ0) is 10.8. The fraction of sp³-hybridized carbons (Fsp3) is 0.857. The molecule has 6 nitrogen and oxygen atoms in total. The summed E-state index contributed by atoms with van der Waals surface area (Å²) in [5.74, 6) is -1.44. The summed E-state index contributed by atoms with van der Waals surface area (Å²) >= 11 is 0. The molecule has 1 heterocycles. The first-order valence-electron chi connectivity index (χ1n) is 4.37. The van der Waals surface area contributed by atoms with E-state index in [1.54, 1.807) is 0 Å². The molecule has 0 saturated carbocycles. The lowest BCUT2D eigenvalue weighted by Crippen LogP contribution is -2.34. The highest BCUT2D eigenvalue weighted by Gasteiger charge is 2.29. The third kappa shape index (κ3) is 2.93. The molecule has 0 aromatic carbocycles. The number of aliphatic carboxylic acids is 1. The van der Waals surface area contributed by atoms with Gasteiger partial charge >= 0.3 is 5.97 Å². The molecule has 0 bridgehead atoms. The van der Waals surface area contributed by atoms with E-state index in [0.717, 1.165) is 0 Å². The lowest BCUT2D eigenvalue weighted by Gasteiger charge is -2.14. The van der Waals surface area contributed by atoms with Gasteiger partial charge in [0.25, 0.3) is 0 Å². The Morgan fingerprint density at radius 2 is 2.21 bits per heavy atom. The molecule has 14 heavy (non-hydrogen) atoms. The minimum absolute atomic E-state index is 0.116. The Bertz CT molecular complexity index is 314. The molecule has 1 aliphatic rings. The Labute approximate surface area is 82.7 Å². The second-order valence-corrected chi connectivity index (χ2v) is 5.45. The second kappa shape index (κ2) is 4.24. The number of hydrogen-bond donors (Lipinski definition) is 2. The number of carboxylic acid groups (broad SMARTS) is 1. The van der Waals surface area contributed by atoms with Crippen molar-refractivity contribution in [2.45, 2.75) is 18.9 Å². The summed E-state index contributed by atoms with van der Waals surface area (Å²) < 4.78 is 24.2. The Kier molecular flexibility index (Phi) is 3.46. The van der Waals surface area contributed by atoms with Gasteiger partial charge in [0.1, 0.15) is 0 Å². The molecule has 1 aliphatic heterocycles. The van der Waals surface area contributed by atoms with Gasteiger partial charge in [-0.05, 0) is 6.42 Å². The van der Waals surface area contributed by atoms with Crippen LogP contribution in [-0.4, -0.2) is 48.7 Å². The van der Waals surface area contributed by atoms with E-state index in [0.29, 0.717) is 19.5 Å². The normalized spacial score (nSPS) is 23.9. The average Bonchev–Trinajstić information content (AvgIpc) is 2.49. The molecule has 0 radical (unpaired) electrons. The van der Waals surface area contributed by atoms with E-state index >= 15 is 0 Å². The first kappa shape index (κ1) is 11.4. The van der Waals surface area contributed by atoms with E-state index in [1.807, 2.05) is 0 Å². The van der Waals surface area contributed by atoms with Gasteiger partial charge < -0.3 is 10.8 Å². The summed E-state index contributed by atoms with van der Waals surface area (Å²) in [4.78, 5) is 10.2. The summed E-state index contributed by atoms with van der Waals surface area (Å²) in [5, 5.41) is 8.36. The molecule has 82 valence electrons. The summed E-state index contributed by atoms with van der Waals surface area (Å²) in [6.07, 6.45) is 0.292. The molecule has 0 unspecified atom stereocenters. The molecule has 7 heteroatoms. The summed E-state index contributed by atoms with van der Waals surface area (Å²) in [6.45, 7) is 0.713. The smallest absolute Gasteiger partial charge is 0.304 e. The van der Waals surface area contributed by atoms with Crippen molar-refractivity contribution in [3.8, 4) is 0 Å². The van der Waals surface area contributed by atoms with Crippen LogP contribution < -0.4 is 5.73 Å². The number of carboxylic acids is 1. The summed E-state index contributed by atoms with van der Waals surface area (Å²) in [6, 6.07) is -0.116. The standard InChI is InChI=1S/C7H14N2O4S/c8-6-1-3-9(5-6)14(12,13)4-2-7(10)11/h6H,1-5,8H2,(H,10,11)/t6-/m1/s1. The van der Waals surface area contributed by atoms with Crippen LogP contribution in [-0.2, 0) is 14.8 Å². The van der Waals surface area contributed by atoms with Crippen LogP contribution in [0.4, 0.5) is 0 Å². The van der Waals surface area contributed by atoms with Crippen molar-refractivity contribution in [2.24, 2.45) is 5.73 Å². The van der Waals surface area contributed by atoms with Gasteiger partial charge in [0.2, 0.25) is 10.0 Å². The van der Waals surface area contributed by atoms with Crippen LogP contribution in [0, 0.1) is 0 Å². The van der Waals surface area contributed by atoms with Gasteiger partial charge in [-0.15, -0.1) is 0 Å². The first-order chi connectivity index (χ1) is 6.42. The predicted molar refractivity (Wildman–Crippen MR) is 50.2 cm³/mol. The maximum absolute atomic E-state index is 11.5. The monoisotopic (exact) mass is 222 g/mol. The van der Waals surface area contributed by atoms with Gasteiger partial charge in [-0.25, -0.2) is 12.7 Å². The number of sulfonamides is 1. The van der Waals surface area contributed by atoms with Crippen LogP contribution >= 0.6 is 0 Å². The predicted octanol–water partition coefficient (Wildman–Crippen LogP) is -1.18. The van der Waals surface area contributed by atoms with Gasteiger partial charge in [0.15, 0.2) is 0 Å². The molecule has 0 amide bonds. The van der Waals surface area contributed by atoms with E-state index in [2.05, 4.69) is 0 Å². The molecule has 0 spiro atoms. The zero-order valence-corrected chi connectivity index (χ0v) is 8.53. The van der Waals surface area contributed by atoms with Crippen LogP contribution in [0.25, 0.3) is 0 Å². The molecule has 1 atom stereocenters. The lowest BCUT2D eigenvalue weighted by molar-refractivity contribution is -0.136. The van der Waals surface area contributed by atoms with E-state index < -0.39 is 16.0 Å². The molecule has 1 saturated heterocycles. The second-order valence-electron chi connectivity index (χ2n) is 3.37. The van der Waals surface area contributed by atoms with Gasteiger partial charge in [-0.1, -0.05) is 0 Å². The maximum Gasteiger partial charge on any atom is 0.304 e. The Morgan fingerprint density at radius 1 is 1.57 bits per heavy atom. The number of nitrogens with zero attached hydrogens (tertiary/aromatic N) is 1. The quantitative estimate of drug-likeness (QED) is 0.623. The lowest BCUT2D eigenvalue weighted by atomic mass is 10.3. The third-order valence-electron chi connectivity index (χ3n) is 2.15. The van der Waals surface area contributed by atoms with Gasteiger partial charge in [0.05, 0.1) is 12.2 Å². The Balaban J connectivity index is 2.53. The largest absolute Gasteiger partial charge is 0.481 e. The third-order valence-corrected chi connectivity index (χ3v) is 3.99. The van der Waals surface area contributed by atoms with Gasteiger partial charge in [-0.3, -0.25) is 4.79 Å². The van der Waals surface area contributed by atoms with Crippen molar-refractivity contribution in [2.75, 3.05) is 18.8 Å². The van der Waals surface area contributed by atoms with Crippen molar-refractivity contribution >= 4 is 16.0 Å². The maximum atomic E-state index is 11.5. The molecule has 0 aromatic heterocycles. The molecular formula is C7H14N2O4S. The van der Waals surface area contributed by atoms with Crippen molar-refractivity contribution in [1.82, 2.24) is 4.31 Å². The van der Waals surface area contributed by atoms with Crippen LogP contribution in [0.1, 0.15) is 12.8 Å². The Hall–Kier alpha value is -0.660. The molecule has 1 fully saturated rings. The SMILES string of the molecule is N[C@@H]1CCN(S(=O)(=O)CCC(=O)O)C1. The fourth-order valence-electron chi connectivity index (χ4n) is 1.35. The summed E-state index contributed by atoms with van der Waals surface area (Å²) in [5.41, 5.74) is 5.56. The molecular weight excluding hydrogens is 208 g/mol. The van der Waals surface area contributed by atoms with E-state index in [1.165, 1.54) is 4.31 Å². The van der Waals surface area contributed by atoms with Crippen molar-refractivity contribution in [3.05, 3.63) is 0 Å². The van der Waals surface area contributed by atoms with E-state index in [4.69, 9.17) is 10.8 Å². The van der Waals surface area contributed by atoms with Crippen molar-refractivity contribution < 1.29 is 18.3 Å². The van der Waals surface area contributed by atoms with Crippen LogP contribution in [0.3, 0.4) is 0 Å². The topological polar surface area (TPSA) is 101 Å². The van der Waals surface area contributed by atoms with Gasteiger partial charge in [-0.2, -0.15) is 0 Å². The van der Waals surface area contributed by atoms with E-state index in [9.17, 15) is 13.2 Å². The molecule has 3 N–H and O–H groups in total. The minimum Gasteiger partial charge on any atom is -0.481 e. The number of carbonyl (C=O) groups is 1. The molecule has 0 aliphatic carbocycles. The molecule has 1 rings (SSSR count). The first-order valence-corrected chi connectivity index (χ1v) is 5.98. The summed E-state index contributed by atoms with van der Waals surface area (Å²) in [7, 11) is -3.42. The number of hydrogen-bond acceptors (Lipinski definition) is 4. The number of rotatable bonds is 4.